The number of rotatable bonds is 5. The summed E-state index contributed by atoms with van der Waals surface area (Å²) in [6.07, 6.45) is 1.44. The summed E-state index contributed by atoms with van der Waals surface area (Å²) >= 11 is 0. The molecule has 0 atom stereocenters. The third kappa shape index (κ3) is 3.84. The van der Waals surface area contributed by atoms with Crippen molar-refractivity contribution in [2.75, 3.05) is 0 Å². The van der Waals surface area contributed by atoms with Gasteiger partial charge in [-0.15, -0.1) is 0 Å². The van der Waals surface area contributed by atoms with E-state index in [0.717, 1.165) is 0 Å². The SMILES string of the molecule is Cc1c(C(=O)N(Cc2nc3ccccc3c(=O)[nH]2)C(C)C)cnn1-c1ccccc1F. The van der Waals surface area contributed by atoms with Crippen LogP contribution in [0.3, 0.4) is 0 Å². The maximum Gasteiger partial charge on any atom is 0.258 e. The first kappa shape index (κ1) is 20.5. The van der Waals surface area contributed by atoms with Gasteiger partial charge in [0.15, 0.2) is 0 Å². The standard InChI is InChI=1S/C23H22FN5O2/c1-14(2)28(13-21-26-19-10-6-4-8-16(19)22(30)27-21)23(31)17-12-25-29(15(17)3)20-11-7-5-9-18(20)24/h4-12,14H,13H2,1-3H3,(H,26,27,30). The van der Waals surface area contributed by atoms with Gasteiger partial charge in [0.2, 0.25) is 0 Å². The summed E-state index contributed by atoms with van der Waals surface area (Å²) < 4.78 is 15.6. The van der Waals surface area contributed by atoms with E-state index < -0.39 is 5.82 Å². The fourth-order valence-corrected chi connectivity index (χ4v) is 3.50. The molecule has 0 unspecified atom stereocenters. The zero-order valence-corrected chi connectivity index (χ0v) is 17.5. The van der Waals surface area contributed by atoms with E-state index in [0.29, 0.717) is 28.0 Å². The monoisotopic (exact) mass is 419 g/mol. The predicted octanol–water partition coefficient (Wildman–Crippen LogP) is 3.61. The maximum atomic E-state index is 14.2. The zero-order chi connectivity index (χ0) is 22.1. The van der Waals surface area contributed by atoms with Crippen LogP contribution in [-0.2, 0) is 6.54 Å². The molecule has 0 aliphatic heterocycles. The van der Waals surface area contributed by atoms with Crippen LogP contribution in [-0.4, -0.2) is 36.6 Å². The Morgan fingerprint density at radius 1 is 1.16 bits per heavy atom. The molecular weight excluding hydrogens is 397 g/mol. The second kappa shape index (κ2) is 8.14. The summed E-state index contributed by atoms with van der Waals surface area (Å²) in [5.74, 6) is -0.304. The fourth-order valence-electron chi connectivity index (χ4n) is 3.50. The normalized spacial score (nSPS) is 11.3. The molecule has 0 fully saturated rings. The van der Waals surface area contributed by atoms with Crippen LogP contribution in [0, 0.1) is 12.7 Å². The van der Waals surface area contributed by atoms with Crippen molar-refractivity contribution < 1.29 is 9.18 Å². The summed E-state index contributed by atoms with van der Waals surface area (Å²) in [7, 11) is 0. The molecule has 2 heterocycles. The molecule has 1 amide bonds. The number of carbonyl (C=O) groups is 1. The maximum absolute atomic E-state index is 14.2. The van der Waals surface area contributed by atoms with Gasteiger partial charge in [0.05, 0.1) is 34.9 Å². The minimum absolute atomic E-state index is 0.126. The summed E-state index contributed by atoms with van der Waals surface area (Å²) in [6.45, 7) is 5.61. The lowest BCUT2D eigenvalue weighted by Gasteiger charge is -2.26. The van der Waals surface area contributed by atoms with Crippen LogP contribution in [0.1, 0.15) is 35.7 Å². The van der Waals surface area contributed by atoms with E-state index in [9.17, 15) is 14.0 Å². The van der Waals surface area contributed by atoms with Crippen molar-refractivity contribution in [3.05, 3.63) is 88.0 Å². The predicted molar refractivity (Wildman–Crippen MR) is 116 cm³/mol. The highest BCUT2D eigenvalue weighted by Crippen LogP contribution is 2.20. The summed E-state index contributed by atoms with van der Waals surface area (Å²) in [4.78, 5) is 34.6. The number of nitrogens with one attached hydrogen (secondary N) is 1. The number of hydrogen-bond donors (Lipinski definition) is 1. The number of carbonyl (C=O) groups excluding carboxylic acids is 1. The lowest BCUT2D eigenvalue weighted by molar-refractivity contribution is 0.0684. The number of fused-ring (bicyclic) bond motifs is 1. The highest BCUT2D eigenvalue weighted by molar-refractivity contribution is 5.95. The van der Waals surface area contributed by atoms with Gasteiger partial charge >= 0.3 is 0 Å². The van der Waals surface area contributed by atoms with Gasteiger partial charge < -0.3 is 9.88 Å². The summed E-state index contributed by atoms with van der Waals surface area (Å²) in [6, 6.07) is 13.1. The molecule has 2 aromatic carbocycles. The summed E-state index contributed by atoms with van der Waals surface area (Å²) in [5, 5.41) is 4.72. The molecule has 0 spiro atoms. The third-order valence-corrected chi connectivity index (χ3v) is 5.19. The van der Waals surface area contributed by atoms with Crippen LogP contribution < -0.4 is 5.56 Å². The van der Waals surface area contributed by atoms with E-state index in [4.69, 9.17) is 0 Å². The van der Waals surface area contributed by atoms with Crippen molar-refractivity contribution in [3.8, 4) is 5.69 Å². The van der Waals surface area contributed by atoms with Crippen molar-refractivity contribution in [1.29, 1.82) is 0 Å². The number of halogens is 1. The van der Waals surface area contributed by atoms with Gasteiger partial charge in [-0.2, -0.15) is 5.10 Å². The van der Waals surface area contributed by atoms with E-state index in [2.05, 4.69) is 15.1 Å². The van der Waals surface area contributed by atoms with Gasteiger partial charge in [-0.3, -0.25) is 9.59 Å². The topological polar surface area (TPSA) is 83.9 Å². The van der Waals surface area contributed by atoms with Gasteiger partial charge in [-0.1, -0.05) is 24.3 Å². The Morgan fingerprint density at radius 2 is 1.87 bits per heavy atom. The minimum Gasteiger partial charge on any atom is -0.329 e. The van der Waals surface area contributed by atoms with Crippen LogP contribution in [0.15, 0.2) is 59.5 Å². The molecule has 8 heteroatoms. The van der Waals surface area contributed by atoms with Crippen LogP contribution in [0.5, 0.6) is 0 Å². The quantitative estimate of drug-likeness (QED) is 0.536. The number of H-pyrrole nitrogens is 1. The average molecular weight is 419 g/mol. The molecule has 1 N–H and O–H groups in total. The Morgan fingerprint density at radius 3 is 2.61 bits per heavy atom. The fraction of sp³-hybridized carbons (Fsp3) is 0.217. The van der Waals surface area contributed by atoms with Gasteiger partial charge in [-0.05, 0) is 45.0 Å². The van der Waals surface area contributed by atoms with E-state index in [1.807, 2.05) is 19.9 Å². The van der Waals surface area contributed by atoms with E-state index >= 15 is 0 Å². The highest BCUT2D eigenvalue weighted by Gasteiger charge is 2.25. The van der Waals surface area contributed by atoms with Gasteiger partial charge in [-0.25, -0.2) is 14.1 Å². The van der Waals surface area contributed by atoms with Crippen LogP contribution in [0.2, 0.25) is 0 Å². The first-order chi connectivity index (χ1) is 14.9. The number of hydrogen-bond acceptors (Lipinski definition) is 4. The Labute approximate surface area is 178 Å². The number of nitrogens with zero attached hydrogens (tertiary/aromatic N) is 4. The molecule has 2 aromatic heterocycles. The molecule has 0 saturated carbocycles. The first-order valence-corrected chi connectivity index (χ1v) is 9.95. The van der Waals surface area contributed by atoms with Crippen LogP contribution in [0.25, 0.3) is 16.6 Å². The van der Waals surface area contributed by atoms with Crippen LogP contribution >= 0.6 is 0 Å². The lowest BCUT2D eigenvalue weighted by Crippen LogP contribution is -2.37. The Hall–Kier alpha value is -3.81. The molecular formula is C23H22FN5O2. The van der Waals surface area contributed by atoms with Crippen molar-refractivity contribution >= 4 is 16.8 Å². The van der Waals surface area contributed by atoms with Crippen molar-refractivity contribution in [2.45, 2.75) is 33.4 Å². The molecule has 0 aliphatic rings. The number of para-hydroxylation sites is 2. The lowest BCUT2D eigenvalue weighted by atomic mass is 10.2. The second-order valence-electron chi connectivity index (χ2n) is 7.56. The molecule has 31 heavy (non-hydrogen) atoms. The second-order valence-corrected chi connectivity index (χ2v) is 7.56. The number of benzene rings is 2. The molecule has 0 aliphatic carbocycles. The Kier molecular flexibility index (Phi) is 5.37. The molecule has 0 saturated heterocycles. The van der Waals surface area contributed by atoms with Gasteiger partial charge in [0.25, 0.3) is 11.5 Å². The largest absolute Gasteiger partial charge is 0.329 e. The Bertz CT molecular complexity index is 1330. The molecule has 4 rings (SSSR count). The molecule has 4 aromatic rings. The summed E-state index contributed by atoms with van der Waals surface area (Å²) in [5.41, 5.74) is 1.48. The van der Waals surface area contributed by atoms with E-state index in [1.165, 1.54) is 16.9 Å². The van der Waals surface area contributed by atoms with Crippen molar-refractivity contribution in [2.24, 2.45) is 0 Å². The number of aromatic nitrogens is 4. The molecule has 158 valence electrons. The first-order valence-electron chi connectivity index (χ1n) is 9.95. The van der Waals surface area contributed by atoms with Crippen molar-refractivity contribution in [1.82, 2.24) is 24.6 Å². The minimum atomic E-state index is -0.425. The zero-order valence-electron chi connectivity index (χ0n) is 17.5. The van der Waals surface area contributed by atoms with Crippen molar-refractivity contribution in [3.63, 3.8) is 0 Å². The third-order valence-electron chi connectivity index (χ3n) is 5.19. The molecule has 0 radical (unpaired) electrons. The van der Waals surface area contributed by atoms with E-state index in [-0.39, 0.29) is 29.7 Å². The number of aromatic amines is 1. The van der Waals surface area contributed by atoms with Gasteiger partial charge in [0, 0.05) is 6.04 Å². The number of amides is 1. The van der Waals surface area contributed by atoms with E-state index in [1.54, 1.807) is 48.2 Å². The smallest absolute Gasteiger partial charge is 0.258 e. The molecule has 7 nitrogen and oxygen atoms in total. The Balaban J connectivity index is 1.68. The van der Waals surface area contributed by atoms with Crippen LogP contribution in [0.4, 0.5) is 4.39 Å². The average Bonchev–Trinajstić information content (AvgIpc) is 3.13. The highest BCUT2D eigenvalue weighted by atomic mass is 19.1. The van der Waals surface area contributed by atoms with Gasteiger partial charge in [0.1, 0.15) is 17.3 Å². The molecule has 0 bridgehead atoms.